The van der Waals surface area contributed by atoms with Gasteiger partial charge in [-0.2, -0.15) is 11.8 Å². The van der Waals surface area contributed by atoms with E-state index in [1.165, 1.54) is 24.3 Å². The van der Waals surface area contributed by atoms with Crippen LogP contribution in [0.3, 0.4) is 0 Å². The molecule has 1 aliphatic rings. The van der Waals surface area contributed by atoms with Crippen molar-refractivity contribution < 1.29 is 12.8 Å². The van der Waals surface area contributed by atoms with Gasteiger partial charge < -0.3 is 5.32 Å². The minimum atomic E-state index is -3.47. The summed E-state index contributed by atoms with van der Waals surface area (Å²) < 4.78 is 37.9. The van der Waals surface area contributed by atoms with Crippen molar-refractivity contribution >= 4 is 33.2 Å². The zero-order chi connectivity index (χ0) is 13.9. The van der Waals surface area contributed by atoms with E-state index in [0.717, 1.165) is 24.2 Å². The molecule has 0 amide bonds. The van der Waals surface area contributed by atoms with Crippen molar-refractivity contribution in [1.29, 1.82) is 0 Å². The van der Waals surface area contributed by atoms with Crippen LogP contribution in [0.25, 0.3) is 0 Å². The van der Waals surface area contributed by atoms with E-state index in [1.807, 2.05) is 11.8 Å². The van der Waals surface area contributed by atoms with E-state index in [-0.39, 0.29) is 5.69 Å². The monoisotopic (exact) mass is 304 g/mol. The fourth-order valence-corrected chi connectivity index (χ4v) is 3.76. The van der Waals surface area contributed by atoms with Gasteiger partial charge in [-0.15, -0.1) is 0 Å². The predicted octanol–water partition coefficient (Wildman–Crippen LogP) is 2.36. The van der Waals surface area contributed by atoms with Gasteiger partial charge in [0, 0.05) is 12.2 Å². The first-order chi connectivity index (χ1) is 8.94. The third-order valence-corrected chi connectivity index (χ3v) is 4.70. The molecule has 0 spiro atoms. The maximum atomic E-state index is 13.5. The summed E-state index contributed by atoms with van der Waals surface area (Å²) in [5, 5.41) is 3.23. The van der Waals surface area contributed by atoms with Crippen LogP contribution in [-0.4, -0.2) is 32.7 Å². The summed E-state index contributed by atoms with van der Waals surface area (Å²) in [5.74, 6) is 2.38. The first-order valence-electron chi connectivity index (χ1n) is 6.03. The lowest BCUT2D eigenvalue weighted by Crippen LogP contribution is -2.14. The number of halogens is 1. The topological polar surface area (TPSA) is 58.2 Å². The lowest BCUT2D eigenvalue weighted by atomic mass is 10.1. The zero-order valence-corrected chi connectivity index (χ0v) is 12.3. The van der Waals surface area contributed by atoms with Crippen molar-refractivity contribution in [2.45, 2.75) is 6.42 Å². The molecular formula is C12H17FN2O2S2. The van der Waals surface area contributed by atoms with Gasteiger partial charge in [0.1, 0.15) is 5.82 Å². The van der Waals surface area contributed by atoms with Crippen LogP contribution in [0.15, 0.2) is 18.2 Å². The van der Waals surface area contributed by atoms with E-state index in [0.29, 0.717) is 5.92 Å². The smallest absolute Gasteiger partial charge is 0.229 e. The third-order valence-electron chi connectivity index (χ3n) is 2.88. The Labute approximate surface area is 117 Å². The van der Waals surface area contributed by atoms with E-state index >= 15 is 0 Å². The minimum Gasteiger partial charge on any atom is -0.385 e. The van der Waals surface area contributed by atoms with E-state index in [2.05, 4.69) is 10.0 Å². The van der Waals surface area contributed by atoms with Crippen LogP contribution >= 0.6 is 11.8 Å². The van der Waals surface area contributed by atoms with Crippen molar-refractivity contribution in [3.8, 4) is 0 Å². The van der Waals surface area contributed by atoms with Gasteiger partial charge >= 0.3 is 0 Å². The third kappa shape index (κ3) is 4.58. The highest BCUT2D eigenvalue weighted by Crippen LogP contribution is 2.25. The molecule has 0 saturated carbocycles. The maximum absolute atomic E-state index is 13.5. The Kier molecular flexibility index (Phi) is 4.57. The summed E-state index contributed by atoms with van der Waals surface area (Å²) in [6, 6.07) is 4.36. The van der Waals surface area contributed by atoms with Crippen LogP contribution in [0.2, 0.25) is 0 Å². The molecule has 2 rings (SSSR count). The molecule has 1 unspecified atom stereocenters. The fourth-order valence-electron chi connectivity index (χ4n) is 1.92. The van der Waals surface area contributed by atoms with Gasteiger partial charge in [0.25, 0.3) is 0 Å². The van der Waals surface area contributed by atoms with E-state index < -0.39 is 15.8 Å². The average Bonchev–Trinajstić information content (AvgIpc) is 2.81. The van der Waals surface area contributed by atoms with Gasteiger partial charge in [-0.3, -0.25) is 4.72 Å². The molecule has 19 heavy (non-hydrogen) atoms. The van der Waals surface area contributed by atoms with Crippen molar-refractivity contribution in [3.05, 3.63) is 24.0 Å². The van der Waals surface area contributed by atoms with E-state index in [9.17, 15) is 12.8 Å². The Morgan fingerprint density at radius 3 is 2.89 bits per heavy atom. The lowest BCUT2D eigenvalue weighted by Gasteiger charge is -2.13. The lowest BCUT2D eigenvalue weighted by molar-refractivity contribution is 0.603. The summed E-state index contributed by atoms with van der Waals surface area (Å²) in [6.07, 6.45) is 2.19. The zero-order valence-electron chi connectivity index (χ0n) is 10.6. The Morgan fingerprint density at radius 2 is 2.26 bits per heavy atom. The molecule has 0 aliphatic carbocycles. The molecule has 1 heterocycles. The SMILES string of the molecule is CS(=O)(=O)Nc1cc(NCC2CCSC2)ccc1F. The number of benzene rings is 1. The van der Waals surface area contributed by atoms with Gasteiger partial charge in [-0.05, 0) is 42.0 Å². The number of nitrogens with one attached hydrogen (secondary N) is 2. The van der Waals surface area contributed by atoms with Crippen LogP contribution in [0, 0.1) is 11.7 Å². The molecule has 4 nitrogen and oxygen atoms in total. The maximum Gasteiger partial charge on any atom is 0.229 e. The molecule has 7 heteroatoms. The largest absolute Gasteiger partial charge is 0.385 e. The first-order valence-corrected chi connectivity index (χ1v) is 9.07. The second-order valence-corrected chi connectivity index (χ2v) is 7.58. The highest BCUT2D eigenvalue weighted by Gasteiger charge is 2.15. The number of thioether (sulfide) groups is 1. The average molecular weight is 304 g/mol. The molecule has 0 bridgehead atoms. The summed E-state index contributed by atoms with van der Waals surface area (Å²) in [7, 11) is -3.47. The number of sulfonamides is 1. The molecular weight excluding hydrogens is 287 g/mol. The molecule has 1 atom stereocenters. The Bertz CT molecular complexity index is 543. The molecule has 0 aromatic heterocycles. The van der Waals surface area contributed by atoms with Gasteiger partial charge in [-0.25, -0.2) is 12.8 Å². The molecule has 1 aliphatic heterocycles. The van der Waals surface area contributed by atoms with Crippen LogP contribution < -0.4 is 10.0 Å². The van der Waals surface area contributed by atoms with Crippen molar-refractivity contribution in [2.24, 2.45) is 5.92 Å². The molecule has 106 valence electrons. The molecule has 0 radical (unpaired) electrons. The second kappa shape index (κ2) is 6.00. The highest BCUT2D eigenvalue weighted by atomic mass is 32.2. The van der Waals surface area contributed by atoms with Crippen LogP contribution in [0.1, 0.15) is 6.42 Å². The van der Waals surface area contributed by atoms with Crippen molar-refractivity contribution in [2.75, 3.05) is 34.3 Å². The van der Waals surface area contributed by atoms with Gasteiger partial charge in [0.2, 0.25) is 10.0 Å². The summed E-state index contributed by atoms with van der Waals surface area (Å²) in [4.78, 5) is 0. The quantitative estimate of drug-likeness (QED) is 0.877. The molecule has 1 aromatic rings. The van der Waals surface area contributed by atoms with E-state index in [4.69, 9.17) is 0 Å². The number of anilines is 2. The van der Waals surface area contributed by atoms with Gasteiger partial charge in [0.05, 0.1) is 11.9 Å². The minimum absolute atomic E-state index is 0.0201. The second-order valence-electron chi connectivity index (χ2n) is 4.68. The van der Waals surface area contributed by atoms with Crippen molar-refractivity contribution in [3.63, 3.8) is 0 Å². The molecule has 1 fully saturated rings. The number of hydrogen-bond donors (Lipinski definition) is 2. The Hall–Kier alpha value is -0.950. The number of rotatable bonds is 5. The van der Waals surface area contributed by atoms with Crippen LogP contribution in [-0.2, 0) is 10.0 Å². The summed E-state index contributed by atoms with van der Waals surface area (Å²) >= 11 is 1.94. The summed E-state index contributed by atoms with van der Waals surface area (Å²) in [5.41, 5.74) is 0.706. The first kappa shape index (κ1) is 14.5. The van der Waals surface area contributed by atoms with Gasteiger partial charge in [0.15, 0.2) is 0 Å². The molecule has 1 saturated heterocycles. The number of hydrogen-bond acceptors (Lipinski definition) is 4. The molecule has 2 N–H and O–H groups in total. The predicted molar refractivity (Wildman–Crippen MR) is 78.8 cm³/mol. The fraction of sp³-hybridized carbons (Fsp3) is 0.500. The van der Waals surface area contributed by atoms with Crippen LogP contribution in [0.5, 0.6) is 0 Å². The van der Waals surface area contributed by atoms with Crippen molar-refractivity contribution in [1.82, 2.24) is 0 Å². The molecule has 1 aromatic carbocycles. The van der Waals surface area contributed by atoms with Gasteiger partial charge in [-0.1, -0.05) is 0 Å². The highest BCUT2D eigenvalue weighted by molar-refractivity contribution is 7.99. The van der Waals surface area contributed by atoms with Crippen LogP contribution in [0.4, 0.5) is 15.8 Å². The Morgan fingerprint density at radius 1 is 1.47 bits per heavy atom. The van der Waals surface area contributed by atoms with E-state index in [1.54, 1.807) is 6.07 Å². The standard InChI is InChI=1S/C12H17FN2O2S2/c1-19(16,17)15-12-6-10(2-3-11(12)13)14-7-9-4-5-18-8-9/h2-3,6,9,14-15H,4-5,7-8H2,1H3. The Balaban J connectivity index is 2.03. The normalized spacial score (nSPS) is 19.4. The summed E-state index contributed by atoms with van der Waals surface area (Å²) in [6.45, 7) is 0.830.